The van der Waals surface area contributed by atoms with Crippen LogP contribution in [0.2, 0.25) is 0 Å². The lowest BCUT2D eigenvalue weighted by molar-refractivity contribution is -0.121. The lowest BCUT2D eigenvalue weighted by Crippen LogP contribution is -2.43. The monoisotopic (exact) mass is 489 g/mol. The molecule has 0 radical (unpaired) electrons. The molecule has 1 aromatic carbocycles. The van der Waals surface area contributed by atoms with Crippen molar-refractivity contribution in [2.45, 2.75) is 39.7 Å². The number of aromatic nitrogens is 1. The molecule has 0 unspecified atom stereocenters. The maximum Gasteiger partial charge on any atom is 0.242 e. The molecule has 1 heterocycles. The molecule has 8 heteroatoms. The van der Waals surface area contributed by atoms with E-state index in [1.807, 2.05) is 33.9 Å². The number of hydrogen-bond acceptors (Lipinski definition) is 2. The highest BCUT2D eigenvalue weighted by Gasteiger charge is 2.13. The summed E-state index contributed by atoms with van der Waals surface area (Å²) in [6.45, 7) is 9.15. The molecule has 0 fully saturated rings. The summed E-state index contributed by atoms with van der Waals surface area (Å²) in [7, 11) is 0. The highest BCUT2D eigenvalue weighted by molar-refractivity contribution is 14.0. The molecule has 0 spiro atoms. The van der Waals surface area contributed by atoms with Crippen LogP contribution < -0.4 is 16.0 Å². The normalized spacial score (nSPS) is 11.8. The Bertz CT molecular complexity index is 782. The minimum atomic E-state index is -0.275. The molecule has 4 N–H and O–H groups in total. The first-order chi connectivity index (χ1) is 12.3. The van der Waals surface area contributed by atoms with E-state index in [4.69, 9.17) is 0 Å². The second kappa shape index (κ2) is 10.5. The predicted octanol–water partition coefficient (Wildman–Crippen LogP) is 2.94. The zero-order chi connectivity index (χ0) is 19.2. The number of rotatable bonds is 6. The van der Waals surface area contributed by atoms with Gasteiger partial charge in [-0.2, -0.15) is 0 Å². The molecular weight excluding hydrogens is 460 g/mol. The Morgan fingerprint density at radius 3 is 2.67 bits per heavy atom. The van der Waals surface area contributed by atoms with Gasteiger partial charge in [0.25, 0.3) is 0 Å². The van der Waals surface area contributed by atoms with E-state index in [2.05, 4.69) is 25.9 Å². The number of fused-ring (bicyclic) bond motifs is 1. The first-order valence-corrected chi connectivity index (χ1v) is 8.87. The summed E-state index contributed by atoms with van der Waals surface area (Å²) in [5.41, 5.74) is 1.68. The number of carbonyl (C=O) groups is 1. The minimum absolute atomic E-state index is 0. The van der Waals surface area contributed by atoms with E-state index in [9.17, 15) is 9.18 Å². The summed E-state index contributed by atoms with van der Waals surface area (Å²) in [6.07, 6.45) is 2.61. The zero-order valence-electron chi connectivity index (χ0n) is 16.3. The number of halogens is 2. The van der Waals surface area contributed by atoms with Gasteiger partial charge in [-0.1, -0.05) is 0 Å². The van der Waals surface area contributed by atoms with Gasteiger partial charge >= 0.3 is 0 Å². The summed E-state index contributed by atoms with van der Waals surface area (Å²) in [5, 5.41) is 10.1. The molecule has 0 aliphatic heterocycles. The Morgan fingerprint density at radius 2 is 2.00 bits per heavy atom. The van der Waals surface area contributed by atoms with Gasteiger partial charge in [-0.25, -0.2) is 9.38 Å². The number of benzene rings is 1. The average molecular weight is 489 g/mol. The summed E-state index contributed by atoms with van der Waals surface area (Å²) < 4.78 is 13.4. The van der Waals surface area contributed by atoms with Crippen molar-refractivity contribution in [1.82, 2.24) is 20.9 Å². The molecule has 0 saturated carbocycles. The molecule has 1 aromatic heterocycles. The molecule has 0 aliphatic carbocycles. The van der Waals surface area contributed by atoms with Crippen LogP contribution >= 0.6 is 24.0 Å². The van der Waals surface area contributed by atoms with Crippen molar-refractivity contribution < 1.29 is 9.18 Å². The van der Waals surface area contributed by atoms with Crippen LogP contribution in [0.1, 0.15) is 33.3 Å². The zero-order valence-corrected chi connectivity index (χ0v) is 18.6. The molecule has 0 saturated heterocycles. The van der Waals surface area contributed by atoms with Crippen molar-refractivity contribution in [1.29, 1.82) is 0 Å². The van der Waals surface area contributed by atoms with Gasteiger partial charge in [-0.3, -0.25) is 4.79 Å². The van der Waals surface area contributed by atoms with Crippen molar-refractivity contribution in [3.63, 3.8) is 0 Å². The summed E-state index contributed by atoms with van der Waals surface area (Å²) >= 11 is 0. The Labute approximate surface area is 176 Å². The minimum Gasteiger partial charge on any atom is -0.361 e. The fourth-order valence-corrected chi connectivity index (χ4v) is 2.62. The number of H-pyrrole nitrogens is 1. The number of carbonyl (C=O) groups excluding carboxylic acids is 1. The first kappa shape index (κ1) is 23.2. The van der Waals surface area contributed by atoms with Crippen molar-refractivity contribution >= 4 is 46.7 Å². The van der Waals surface area contributed by atoms with E-state index in [1.54, 1.807) is 6.07 Å². The number of nitrogens with one attached hydrogen (secondary N) is 4. The largest absolute Gasteiger partial charge is 0.361 e. The Balaban J connectivity index is 0.00000364. The molecule has 2 rings (SSSR count). The molecule has 0 bridgehead atoms. The fraction of sp³-hybridized carbons (Fsp3) is 0.474. The fourth-order valence-electron chi connectivity index (χ4n) is 2.62. The molecular formula is C19H29FIN5O. The van der Waals surface area contributed by atoms with E-state index in [1.165, 1.54) is 12.1 Å². The van der Waals surface area contributed by atoms with E-state index >= 15 is 0 Å². The number of aliphatic imine (C=N–C) groups is 1. The van der Waals surface area contributed by atoms with Crippen LogP contribution in [0.3, 0.4) is 0 Å². The third-order valence-corrected chi connectivity index (χ3v) is 3.66. The van der Waals surface area contributed by atoms with Crippen molar-refractivity contribution in [2.24, 2.45) is 4.99 Å². The van der Waals surface area contributed by atoms with Crippen molar-refractivity contribution in [3.8, 4) is 0 Å². The summed E-state index contributed by atoms with van der Waals surface area (Å²) in [5.74, 6) is 0.218. The summed E-state index contributed by atoms with van der Waals surface area (Å²) in [4.78, 5) is 19.3. The molecule has 0 atom stereocenters. The van der Waals surface area contributed by atoms with E-state index in [-0.39, 0.29) is 47.8 Å². The topological polar surface area (TPSA) is 81.3 Å². The predicted molar refractivity (Wildman–Crippen MR) is 119 cm³/mol. The van der Waals surface area contributed by atoms with Crippen LogP contribution in [0.4, 0.5) is 4.39 Å². The van der Waals surface area contributed by atoms with Crippen LogP contribution in [0.25, 0.3) is 10.9 Å². The molecule has 150 valence electrons. The number of amides is 1. The van der Waals surface area contributed by atoms with Gasteiger partial charge in [-0.05, 0) is 57.9 Å². The number of hydrogen-bond donors (Lipinski definition) is 4. The number of nitrogens with zero attached hydrogens (tertiary/aromatic N) is 1. The van der Waals surface area contributed by atoms with E-state index in [0.717, 1.165) is 16.5 Å². The third-order valence-electron chi connectivity index (χ3n) is 3.66. The van der Waals surface area contributed by atoms with Crippen molar-refractivity contribution in [3.05, 3.63) is 35.8 Å². The van der Waals surface area contributed by atoms with Crippen LogP contribution in [0.5, 0.6) is 0 Å². The first-order valence-electron chi connectivity index (χ1n) is 8.87. The third kappa shape index (κ3) is 7.74. The van der Waals surface area contributed by atoms with Gasteiger partial charge in [0, 0.05) is 35.7 Å². The van der Waals surface area contributed by atoms with Crippen LogP contribution in [-0.4, -0.2) is 42.0 Å². The van der Waals surface area contributed by atoms with Gasteiger partial charge in [0.05, 0.1) is 0 Å². The van der Waals surface area contributed by atoms with Gasteiger partial charge in [0.15, 0.2) is 5.96 Å². The Hall–Kier alpha value is -1.84. The van der Waals surface area contributed by atoms with Gasteiger partial charge in [0.2, 0.25) is 5.91 Å². The maximum absolute atomic E-state index is 13.4. The Kier molecular flexibility index (Phi) is 9.01. The SMILES string of the molecule is CCNC(=NCC(=O)NC(C)(C)C)NCCc1c[nH]c2ccc(F)cc12.I. The number of guanidine groups is 1. The quantitative estimate of drug-likeness (QED) is 0.286. The molecule has 2 aromatic rings. The average Bonchev–Trinajstić information content (AvgIpc) is 2.93. The number of aromatic amines is 1. The lowest BCUT2D eigenvalue weighted by atomic mass is 10.1. The van der Waals surface area contributed by atoms with Crippen LogP contribution in [0.15, 0.2) is 29.4 Å². The standard InChI is InChI=1S/C19H28FN5O.HI/c1-5-21-18(24-12-17(26)25-19(2,3)4)22-9-8-13-11-23-16-7-6-14(20)10-15(13)16;/h6-7,10-11,23H,5,8-9,12H2,1-4H3,(H,25,26)(H2,21,22,24);1H. The van der Waals surface area contributed by atoms with Crippen LogP contribution in [0, 0.1) is 5.82 Å². The lowest BCUT2D eigenvalue weighted by Gasteiger charge is -2.20. The van der Waals surface area contributed by atoms with Crippen LogP contribution in [-0.2, 0) is 11.2 Å². The molecule has 0 aliphatic rings. The Morgan fingerprint density at radius 1 is 1.26 bits per heavy atom. The highest BCUT2D eigenvalue weighted by Crippen LogP contribution is 2.19. The van der Waals surface area contributed by atoms with E-state index < -0.39 is 0 Å². The highest BCUT2D eigenvalue weighted by atomic mass is 127. The maximum atomic E-state index is 13.4. The molecule has 27 heavy (non-hydrogen) atoms. The molecule has 6 nitrogen and oxygen atoms in total. The smallest absolute Gasteiger partial charge is 0.242 e. The van der Waals surface area contributed by atoms with Gasteiger partial charge in [-0.15, -0.1) is 24.0 Å². The summed E-state index contributed by atoms with van der Waals surface area (Å²) in [6, 6.07) is 4.72. The molecule has 1 amide bonds. The van der Waals surface area contributed by atoms with E-state index in [0.29, 0.717) is 25.5 Å². The van der Waals surface area contributed by atoms with Gasteiger partial charge < -0.3 is 20.9 Å². The second-order valence-corrected chi connectivity index (χ2v) is 7.17. The second-order valence-electron chi connectivity index (χ2n) is 7.17. The van der Waals surface area contributed by atoms with Gasteiger partial charge in [0.1, 0.15) is 12.4 Å². The van der Waals surface area contributed by atoms with Crippen molar-refractivity contribution in [2.75, 3.05) is 19.6 Å².